The van der Waals surface area contributed by atoms with Gasteiger partial charge < -0.3 is 9.80 Å². The Balaban J connectivity index is 0.947. The molecule has 0 bridgehead atoms. The van der Waals surface area contributed by atoms with E-state index in [0.717, 1.165) is 13.1 Å². The number of hydrogen-bond donors (Lipinski definition) is 0. The Kier molecular flexibility index (Phi) is 16.7. The third-order valence-corrected chi connectivity index (χ3v) is 11.0. The normalized spacial score (nSPS) is 11.5. The lowest BCUT2D eigenvalue weighted by Gasteiger charge is -2.11. The molecule has 0 aliphatic carbocycles. The van der Waals surface area contributed by atoms with E-state index >= 15 is 0 Å². The highest BCUT2D eigenvalue weighted by atomic mass is 33.1. The highest BCUT2D eigenvalue weighted by molar-refractivity contribution is 8.76. The summed E-state index contributed by atoms with van der Waals surface area (Å²) in [4.78, 5) is 4.25. The van der Waals surface area contributed by atoms with E-state index in [1.54, 1.807) is 0 Å². The number of aromatic nitrogens is 2. The van der Waals surface area contributed by atoms with Gasteiger partial charge in [-0.15, -0.1) is 0 Å². The van der Waals surface area contributed by atoms with Crippen molar-refractivity contribution >= 4 is 57.3 Å². The molecule has 0 amide bonds. The van der Waals surface area contributed by atoms with E-state index in [2.05, 4.69) is 191 Å². The minimum absolute atomic E-state index is 1.10. The number of anilines is 2. The lowest BCUT2D eigenvalue weighted by molar-refractivity contribution is -0.697. The van der Waals surface area contributed by atoms with Crippen molar-refractivity contribution in [1.29, 1.82) is 0 Å². The predicted octanol–water partition coefficient (Wildman–Crippen LogP) is 9.94. The summed E-state index contributed by atoms with van der Waals surface area (Å²) in [6, 6.07) is 26.2. The molecule has 0 unspecified atom stereocenters. The molecular weight excluding hydrogens is 625 g/mol. The molecular formula is C42H56N4S2+2. The topological polar surface area (TPSA) is 14.2 Å². The lowest BCUT2D eigenvalue weighted by Crippen LogP contribution is -2.32. The van der Waals surface area contributed by atoms with Gasteiger partial charge >= 0.3 is 0 Å². The van der Waals surface area contributed by atoms with Gasteiger partial charge in [-0.25, -0.2) is 9.13 Å². The highest BCUT2D eigenvalue weighted by Crippen LogP contribution is 2.24. The molecule has 0 saturated heterocycles. The molecule has 2 heterocycles. The van der Waals surface area contributed by atoms with Crippen LogP contribution in [0.2, 0.25) is 0 Å². The van der Waals surface area contributed by atoms with Gasteiger partial charge in [0.1, 0.15) is 13.1 Å². The average molecular weight is 681 g/mol. The minimum Gasteiger partial charge on any atom is -0.378 e. The molecule has 0 aliphatic rings. The Bertz CT molecular complexity index is 1380. The molecule has 0 fully saturated rings. The zero-order valence-electron chi connectivity index (χ0n) is 29.6. The van der Waals surface area contributed by atoms with Crippen molar-refractivity contribution in [2.45, 2.75) is 64.5 Å². The maximum Gasteiger partial charge on any atom is 0.169 e. The maximum absolute atomic E-state index is 2.31. The first-order chi connectivity index (χ1) is 23.5. The maximum atomic E-state index is 2.31. The zero-order valence-corrected chi connectivity index (χ0v) is 31.3. The Morgan fingerprint density at radius 3 is 1.06 bits per heavy atom. The predicted molar refractivity (Wildman–Crippen MR) is 215 cm³/mol. The van der Waals surface area contributed by atoms with E-state index in [9.17, 15) is 0 Å². The van der Waals surface area contributed by atoms with Gasteiger partial charge in [0, 0.05) is 88.2 Å². The van der Waals surface area contributed by atoms with Crippen LogP contribution < -0.4 is 18.9 Å². The van der Waals surface area contributed by atoms with Gasteiger partial charge in [0.05, 0.1) is 0 Å². The van der Waals surface area contributed by atoms with Crippen molar-refractivity contribution in [3.05, 3.63) is 120 Å². The summed E-state index contributed by atoms with van der Waals surface area (Å²) in [6.07, 6.45) is 28.1. The van der Waals surface area contributed by atoms with Crippen molar-refractivity contribution < 1.29 is 9.13 Å². The van der Waals surface area contributed by atoms with Gasteiger partial charge in [-0.05, 0) is 72.2 Å². The molecule has 6 heteroatoms. The van der Waals surface area contributed by atoms with Gasteiger partial charge in [-0.3, -0.25) is 0 Å². The Hall–Kier alpha value is -3.48. The highest BCUT2D eigenvalue weighted by Gasteiger charge is 2.03. The number of aryl methyl sites for hydroxylation is 2. The summed E-state index contributed by atoms with van der Waals surface area (Å²) in [6.45, 7) is 2.21. The van der Waals surface area contributed by atoms with E-state index in [4.69, 9.17) is 0 Å². The van der Waals surface area contributed by atoms with E-state index < -0.39 is 0 Å². The molecule has 0 N–H and O–H groups in total. The van der Waals surface area contributed by atoms with E-state index in [1.165, 1.54) is 96.5 Å². The third-order valence-electron chi connectivity index (χ3n) is 8.46. The lowest BCUT2D eigenvalue weighted by atomic mass is 10.1. The van der Waals surface area contributed by atoms with Crippen LogP contribution in [0.3, 0.4) is 0 Å². The number of hydrogen-bond acceptors (Lipinski definition) is 4. The number of benzene rings is 2. The molecule has 2 aromatic carbocycles. The summed E-state index contributed by atoms with van der Waals surface area (Å²) in [5.74, 6) is 2.56. The standard InChI is InChI=1S/C42H56N4S2/c1-43(2)41-21-17-37(18-22-41)13-15-39-25-31-45(32-26-39)29-9-5-7-11-35-47-48-36-12-8-6-10-30-46-33-27-40(28-34-46)16-14-38-19-23-42(24-20-38)44(3)4/h13-28,31-34H,5-12,29-30,35-36H2,1-4H3/q+2. The minimum atomic E-state index is 1.10. The molecule has 0 atom stereocenters. The van der Waals surface area contributed by atoms with Crippen LogP contribution in [0.15, 0.2) is 97.6 Å². The van der Waals surface area contributed by atoms with Crippen LogP contribution >= 0.6 is 21.6 Å². The molecule has 0 radical (unpaired) electrons. The fourth-order valence-electron chi connectivity index (χ4n) is 5.35. The summed E-state index contributed by atoms with van der Waals surface area (Å²) >= 11 is 0. The van der Waals surface area contributed by atoms with Crippen molar-refractivity contribution in [3.8, 4) is 0 Å². The summed E-state index contributed by atoms with van der Waals surface area (Å²) in [5, 5.41) is 0. The number of pyridine rings is 2. The summed E-state index contributed by atoms with van der Waals surface area (Å²) in [5.41, 5.74) is 7.39. The van der Waals surface area contributed by atoms with Crippen LogP contribution in [0, 0.1) is 0 Å². The summed E-state index contributed by atoms with van der Waals surface area (Å²) in [7, 11) is 12.4. The quantitative estimate of drug-likeness (QED) is 0.0494. The van der Waals surface area contributed by atoms with Crippen LogP contribution in [-0.2, 0) is 13.1 Å². The van der Waals surface area contributed by atoms with E-state index in [0.29, 0.717) is 0 Å². The number of rotatable bonds is 21. The Morgan fingerprint density at radius 1 is 0.417 bits per heavy atom. The second-order valence-electron chi connectivity index (χ2n) is 12.8. The van der Waals surface area contributed by atoms with Crippen LogP contribution in [0.5, 0.6) is 0 Å². The second kappa shape index (κ2) is 21.5. The summed E-state index contributed by atoms with van der Waals surface area (Å²) < 4.78 is 4.63. The Morgan fingerprint density at radius 2 is 0.729 bits per heavy atom. The fraction of sp³-hybridized carbons (Fsp3) is 0.381. The average Bonchev–Trinajstić information content (AvgIpc) is 3.11. The van der Waals surface area contributed by atoms with Gasteiger partial charge in [-0.2, -0.15) is 0 Å². The van der Waals surface area contributed by atoms with Crippen molar-refractivity contribution in [2.75, 3.05) is 49.5 Å². The molecule has 0 spiro atoms. The zero-order chi connectivity index (χ0) is 33.8. The molecule has 48 heavy (non-hydrogen) atoms. The molecule has 0 saturated carbocycles. The van der Waals surface area contributed by atoms with E-state index in [1.807, 2.05) is 0 Å². The Labute approximate surface area is 299 Å². The van der Waals surface area contributed by atoms with Crippen molar-refractivity contribution in [1.82, 2.24) is 0 Å². The van der Waals surface area contributed by atoms with E-state index in [-0.39, 0.29) is 0 Å². The molecule has 4 aromatic rings. The first-order valence-corrected chi connectivity index (χ1v) is 20.1. The molecule has 254 valence electrons. The van der Waals surface area contributed by atoms with Gasteiger partial charge in [-0.1, -0.05) is 83.0 Å². The van der Waals surface area contributed by atoms with Crippen LogP contribution in [0.25, 0.3) is 24.3 Å². The van der Waals surface area contributed by atoms with Crippen molar-refractivity contribution in [2.24, 2.45) is 0 Å². The third kappa shape index (κ3) is 14.3. The largest absolute Gasteiger partial charge is 0.378 e. The molecule has 0 aliphatic heterocycles. The SMILES string of the molecule is CN(C)c1ccc(C=Cc2cc[n+](CCCCCCSSCCCCCC[n+]3ccc(C=Cc4ccc(N(C)C)cc4)cc3)cc2)cc1. The van der Waals surface area contributed by atoms with Crippen LogP contribution in [-0.4, -0.2) is 39.7 Å². The molecule has 4 nitrogen and oxygen atoms in total. The van der Waals surface area contributed by atoms with Crippen molar-refractivity contribution in [3.63, 3.8) is 0 Å². The fourth-order valence-corrected chi connectivity index (χ4v) is 7.64. The first kappa shape index (κ1) is 37.3. The second-order valence-corrected chi connectivity index (χ2v) is 15.6. The van der Waals surface area contributed by atoms with Crippen LogP contribution in [0.1, 0.15) is 73.6 Å². The van der Waals surface area contributed by atoms with Gasteiger partial charge in [0.15, 0.2) is 24.8 Å². The number of nitrogens with zero attached hydrogens (tertiary/aromatic N) is 4. The molecule has 2 aromatic heterocycles. The van der Waals surface area contributed by atoms with Gasteiger partial charge in [0.25, 0.3) is 0 Å². The monoisotopic (exact) mass is 680 g/mol. The smallest absolute Gasteiger partial charge is 0.169 e. The van der Waals surface area contributed by atoms with Gasteiger partial charge in [0.2, 0.25) is 0 Å². The van der Waals surface area contributed by atoms with Crippen LogP contribution in [0.4, 0.5) is 11.4 Å². The first-order valence-electron chi connectivity index (χ1n) is 17.6. The number of unbranched alkanes of at least 4 members (excludes halogenated alkanes) is 6. The molecule has 4 rings (SSSR count).